The van der Waals surface area contributed by atoms with Crippen LogP contribution in [-0.2, 0) is 4.74 Å². The molecule has 0 unspecified atom stereocenters. The van der Waals surface area contributed by atoms with E-state index in [-0.39, 0.29) is 12.1 Å². The number of benzene rings is 1. The Morgan fingerprint density at radius 3 is 2.55 bits per heavy atom. The molecule has 0 aliphatic carbocycles. The lowest BCUT2D eigenvalue weighted by molar-refractivity contribution is 0.0270. The fourth-order valence-electron chi connectivity index (χ4n) is 1.88. The highest BCUT2D eigenvalue weighted by Gasteiger charge is 2.18. The van der Waals surface area contributed by atoms with Crippen LogP contribution in [0.4, 0.5) is 0 Å². The van der Waals surface area contributed by atoms with Gasteiger partial charge in [-0.05, 0) is 37.7 Å². The second kappa shape index (κ2) is 7.22. The van der Waals surface area contributed by atoms with Crippen molar-refractivity contribution < 1.29 is 9.53 Å². The minimum Gasteiger partial charge on any atom is -0.453 e. The second-order valence-electron chi connectivity index (χ2n) is 4.87. The first-order chi connectivity index (χ1) is 9.66. The molecule has 4 heteroatoms. The molecule has 0 aliphatic heterocycles. The third kappa shape index (κ3) is 4.18. The van der Waals surface area contributed by atoms with Gasteiger partial charge in [0.15, 0.2) is 0 Å². The first kappa shape index (κ1) is 14.8. The summed E-state index contributed by atoms with van der Waals surface area (Å²) in [6.07, 6.45) is 0.622. The van der Waals surface area contributed by atoms with Crippen LogP contribution < -0.4 is 0 Å². The molecule has 0 N–H and O–H groups in total. The van der Waals surface area contributed by atoms with E-state index in [2.05, 4.69) is 4.90 Å². The van der Waals surface area contributed by atoms with Gasteiger partial charge in [-0.15, -0.1) is 11.3 Å². The van der Waals surface area contributed by atoms with Gasteiger partial charge in [0.25, 0.3) is 0 Å². The Bertz CT molecular complexity index is 523. The van der Waals surface area contributed by atoms with Crippen molar-refractivity contribution in [3.8, 4) is 0 Å². The summed E-state index contributed by atoms with van der Waals surface area (Å²) in [5.41, 5.74) is 0.596. The summed E-state index contributed by atoms with van der Waals surface area (Å²) in [6, 6.07) is 13.1. The smallest absolute Gasteiger partial charge is 0.338 e. The number of ether oxygens (including phenoxy) is 1. The Labute approximate surface area is 123 Å². The van der Waals surface area contributed by atoms with E-state index in [0.29, 0.717) is 5.56 Å². The number of carbonyl (C=O) groups is 1. The number of rotatable bonds is 6. The molecule has 2 aromatic rings. The molecule has 0 spiro atoms. The van der Waals surface area contributed by atoms with E-state index in [0.717, 1.165) is 17.8 Å². The Hall–Kier alpha value is -1.65. The maximum Gasteiger partial charge on any atom is 0.338 e. The molecular weight excluding hydrogens is 270 g/mol. The van der Waals surface area contributed by atoms with Crippen LogP contribution in [0.25, 0.3) is 0 Å². The first-order valence-corrected chi connectivity index (χ1v) is 7.49. The number of carbonyl (C=O) groups excluding carboxylic acids is 1. The molecule has 1 aromatic heterocycles. The molecule has 0 saturated heterocycles. The van der Waals surface area contributed by atoms with Gasteiger partial charge in [-0.2, -0.15) is 0 Å². The van der Waals surface area contributed by atoms with Gasteiger partial charge in [-0.3, -0.25) is 0 Å². The van der Waals surface area contributed by atoms with Crippen LogP contribution in [0.1, 0.15) is 27.8 Å². The SMILES string of the molecule is CN(C)CC[C@H](OC(=O)c1ccccc1)c1cccs1. The average molecular weight is 289 g/mol. The summed E-state index contributed by atoms with van der Waals surface area (Å²) >= 11 is 1.62. The van der Waals surface area contributed by atoms with E-state index < -0.39 is 0 Å². The molecule has 20 heavy (non-hydrogen) atoms. The van der Waals surface area contributed by atoms with Crippen molar-refractivity contribution in [3.63, 3.8) is 0 Å². The third-order valence-electron chi connectivity index (χ3n) is 2.96. The van der Waals surface area contributed by atoms with Crippen molar-refractivity contribution in [2.24, 2.45) is 0 Å². The molecule has 2 rings (SSSR count). The van der Waals surface area contributed by atoms with Gasteiger partial charge in [0.05, 0.1) is 5.56 Å². The predicted molar refractivity (Wildman–Crippen MR) is 82.1 cm³/mol. The van der Waals surface area contributed by atoms with Crippen molar-refractivity contribution in [1.29, 1.82) is 0 Å². The molecule has 0 aliphatic rings. The van der Waals surface area contributed by atoms with Crippen LogP contribution in [0.2, 0.25) is 0 Å². The van der Waals surface area contributed by atoms with E-state index in [1.54, 1.807) is 23.5 Å². The molecular formula is C16H19NO2S. The Balaban J connectivity index is 2.06. The lowest BCUT2D eigenvalue weighted by Crippen LogP contribution is -2.19. The molecule has 0 radical (unpaired) electrons. The van der Waals surface area contributed by atoms with E-state index in [1.807, 2.05) is 49.8 Å². The van der Waals surface area contributed by atoms with Crippen LogP contribution in [-0.4, -0.2) is 31.5 Å². The zero-order valence-electron chi connectivity index (χ0n) is 11.8. The zero-order chi connectivity index (χ0) is 14.4. The molecule has 1 aromatic carbocycles. The highest BCUT2D eigenvalue weighted by Crippen LogP contribution is 2.26. The zero-order valence-corrected chi connectivity index (χ0v) is 12.6. The molecule has 3 nitrogen and oxygen atoms in total. The number of esters is 1. The first-order valence-electron chi connectivity index (χ1n) is 6.61. The highest BCUT2D eigenvalue weighted by atomic mass is 32.1. The summed E-state index contributed by atoms with van der Waals surface area (Å²) < 4.78 is 5.68. The van der Waals surface area contributed by atoms with Crippen LogP contribution in [0.5, 0.6) is 0 Å². The quantitative estimate of drug-likeness (QED) is 0.761. The van der Waals surface area contributed by atoms with Crippen molar-refractivity contribution in [1.82, 2.24) is 4.90 Å². The summed E-state index contributed by atoms with van der Waals surface area (Å²) in [7, 11) is 4.04. The van der Waals surface area contributed by atoms with Crippen LogP contribution >= 0.6 is 11.3 Å². The fourth-order valence-corrected chi connectivity index (χ4v) is 2.67. The highest BCUT2D eigenvalue weighted by molar-refractivity contribution is 7.10. The number of hydrogen-bond donors (Lipinski definition) is 0. The summed E-state index contributed by atoms with van der Waals surface area (Å²) in [5.74, 6) is -0.261. The van der Waals surface area contributed by atoms with E-state index in [1.165, 1.54) is 0 Å². The summed E-state index contributed by atoms with van der Waals surface area (Å²) in [6.45, 7) is 0.880. The number of hydrogen-bond acceptors (Lipinski definition) is 4. The Morgan fingerprint density at radius 1 is 1.20 bits per heavy atom. The van der Waals surface area contributed by atoms with Crippen molar-refractivity contribution >= 4 is 17.3 Å². The van der Waals surface area contributed by atoms with Gasteiger partial charge < -0.3 is 9.64 Å². The molecule has 0 saturated carbocycles. The van der Waals surface area contributed by atoms with E-state index in [4.69, 9.17) is 4.74 Å². The second-order valence-corrected chi connectivity index (χ2v) is 5.85. The Kier molecular flexibility index (Phi) is 5.32. The fraction of sp³-hybridized carbons (Fsp3) is 0.312. The monoisotopic (exact) mass is 289 g/mol. The topological polar surface area (TPSA) is 29.5 Å². The van der Waals surface area contributed by atoms with Gasteiger partial charge in [0, 0.05) is 17.8 Å². The summed E-state index contributed by atoms with van der Waals surface area (Å²) in [4.78, 5) is 15.4. The molecule has 0 bridgehead atoms. The number of thiophene rings is 1. The molecule has 1 heterocycles. The predicted octanol–water partition coefficient (Wildman–Crippen LogP) is 3.60. The molecule has 0 fully saturated rings. The van der Waals surface area contributed by atoms with Gasteiger partial charge in [0.2, 0.25) is 0 Å². The minimum atomic E-state index is -0.261. The van der Waals surface area contributed by atoms with E-state index >= 15 is 0 Å². The number of nitrogens with zero attached hydrogens (tertiary/aromatic N) is 1. The van der Waals surface area contributed by atoms with Crippen molar-refractivity contribution in [3.05, 3.63) is 58.3 Å². The van der Waals surface area contributed by atoms with Gasteiger partial charge in [-0.25, -0.2) is 4.79 Å². The third-order valence-corrected chi connectivity index (χ3v) is 3.92. The largest absolute Gasteiger partial charge is 0.453 e. The van der Waals surface area contributed by atoms with E-state index in [9.17, 15) is 4.79 Å². The minimum absolute atomic E-state index is 0.176. The normalized spacial score (nSPS) is 12.3. The van der Waals surface area contributed by atoms with Crippen molar-refractivity contribution in [2.75, 3.05) is 20.6 Å². The maximum atomic E-state index is 12.2. The molecule has 106 valence electrons. The van der Waals surface area contributed by atoms with Gasteiger partial charge >= 0.3 is 5.97 Å². The lowest BCUT2D eigenvalue weighted by atomic mass is 10.2. The van der Waals surface area contributed by atoms with Crippen LogP contribution in [0.15, 0.2) is 47.8 Å². The van der Waals surface area contributed by atoms with Gasteiger partial charge in [-0.1, -0.05) is 24.3 Å². The van der Waals surface area contributed by atoms with Crippen LogP contribution in [0, 0.1) is 0 Å². The van der Waals surface area contributed by atoms with Crippen molar-refractivity contribution in [2.45, 2.75) is 12.5 Å². The maximum absolute atomic E-state index is 12.2. The Morgan fingerprint density at radius 2 is 1.95 bits per heavy atom. The lowest BCUT2D eigenvalue weighted by Gasteiger charge is -2.19. The van der Waals surface area contributed by atoms with Crippen LogP contribution in [0.3, 0.4) is 0 Å². The summed E-state index contributed by atoms with van der Waals surface area (Å²) in [5, 5.41) is 2.01. The van der Waals surface area contributed by atoms with Gasteiger partial charge in [0.1, 0.15) is 6.10 Å². The molecule has 0 amide bonds. The molecule has 1 atom stereocenters. The average Bonchev–Trinajstić information content (AvgIpc) is 2.98. The standard InChI is InChI=1S/C16H19NO2S/c1-17(2)11-10-14(15-9-6-12-20-15)19-16(18)13-7-4-3-5-8-13/h3-9,12,14H,10-11H2,1-2H3/t14-/m0/s1.